The molecule has 2 heterocycles. The van der Waals surface area contributed by atoms with Crippen molar-refractivity contribution < 1.29 is 14.2 Å². The summed E-state index contributed by atoms with van der Waals surface area (Å²) in [7, 11) is 1.38. The number of hydrogen-bond donors (Lipinski definition) is 1. The summed E-state index contributed by atoms with van der Waals surface area (Å²) in [6.07, 6.45) is 2.06. The maximum absolute atomic E-state index is 11.6. The van der Waals surface area contributed by atoms with Gasteiger partial charge in [-0.2, -0.15) is 5.10 Å². The van der Waals surface area contributed by atoms with Gasteiger partial charge in [-0.3, -0.25) is 0 Å². The van der Waals surface area contributed by atoms with Crippen LogP contribution in [0.15, 0.2) is 36.5 Å². The molecule has 0 saturated carbocycles. The highest BCUT2D eigenvalue weighted by Crippen LogP contribution is 2.23. The van der Waals surface area contributed by atoms with Crippen LogP contribution in [0.1, 0.15) is 17.3 Å². The Morgan fingerprint density at radius 3 is 2.86 bits per heavy atom. The number of aromatic amines is 1. The van der Waals surface area contributed by atoms with Gasteiger partial charge >= 0.3 is 5.97 Å². The van der Waals surface area contributed by atoms with Gasteiger partial charge in [0.15, 0.2) is 6.54 Å². The van der Waals surface area contributed by atoms with E-state index < -0.39 is 0 Å². The first-order chi connectivity index (χ1) is 10.6. The minimum absolute atomic E-state index is 0.339. The highest BCUT2D eigenvalue weighted by atomic mass is 127. The summed E-state index contributed by atoms with van der Waals surface area (Å²) >= 11 is 2.30. The molecule has 2 aromatic heterocycles. The average Bonchev–Trinajstić information content (AvgIpc) is 2.94. The lowest BCUT2D eigenvalue weighted by molar-refractivity contribution is -0.746. The van der Waals surface area contributed by atoms with Crippen LogP contribution < -0.4 is 4.68 Å². The molecule has 0 atom stereocenters. The van der Waals surface area contributed by atoms with Crippen molar-refractivity contribution >= 4 is 39.5 Å². The largest absolute Gasteiger partial charge is 0.465 e. The van der Waals surface area contributed by atoms with E-state index in [2.05, 4.69) is 45.8 Å². The van der Waals surface area contributed by atoms with E-state index in [4.69, 9.17) is 4.74 Å². The second-order valence-electron chi connectivity index (χ2n) is 4.85. The lowest BCUT2D eigenvalue weighted by atomic mass is 10.1. The van der Waals surface area contributed by atoms with Crippen molar-refractivity contribution in [3.63, 3.8) is 0 Å². The van der Waals surface area contributed by atoms with Gasteiger partial charge in [-0.05, 0) is 53.8 Å². The molecule has 5 nitrogen and oxygen atoms in total. The van der Waals surface area contributed by atoms with Crippen LogP contribution in [0.2, 0.25) is 0 Å². The van der Waals surface area contributed by atoms with Crippen molar-refractivity contribution in [3.05, 3.63) is 45.7 Å². The first kappa shape index (κ1) is 15.0. The zero-order valence-electron chi connectivity index (χ0n) is 12.3. The highest BCUT2D eigenvalue weighted by molar-refractivity contribution is 14.1. The number of carbonyl (C=O) groups excluding carboxylic acids is 1. The van der Waals surface area contributed by atoms with Crippen molar-refractivity contribution in [2.45, 2.75) is 13.5 Å². The van der Waals surface area contributed by atoms with E-state index in [9.17, 15) is 4.79 Å². The van der Waals surface area contributed by atoms with E-state index in [1.165, 1.54) is 7.11 Å². The highest BCUT2D eigenvalue weighted by Gasteiger charge is 2.15. The molecule has 0 radical (unpaired) electrons. The van der Waals surface area contributed by atoms with E-state index >= 15 is 0 Å². The number of nitrogens with one attached hydrogen (secondary N) is 1. The predicted octanol–water partition coefficient (Wildman–Crippen LogP) is 2.93. The summed E-state index contributed by atoms with van der Waals surface area (Å²) in [4.78, 5) is 16.3. The Morgan fingerprint density at radius 1 is 1.36 bits per heavy atom. The third kappa shape index (κ3) is 2.70. The predicted molar refractivity (Wildman–Crippen MR) is 91.5 cm³/mol. The van der Waals surface area contributed by atoms with Gasteiger partial charge < -0.3 is 4.74 Å². The van der Waals surface area contributed by atoms with E-state index in [1.807, 2.05) is 22.9 Å². The van der Waals surface area contributed by atoms with Gasteiger partial charge in [-0.1, -0.05) is 6.07 Å². The Kier molecular flexibility index (Phi) is 4.10. The number of halogens is 1. The Hall–Kier alpha value is -1.96. The first-order valence-corrected chi connectivity index (χ1v) is 7.97. The topological polar surface area (TPSA) is 58.9 Å². The maximum atomic E-state index is 11.6. The van der Waals surface area contributed by atoms with E-state index in [0.29, 0.717) is 5.56 Å². The van der Waals surface area contributed by atoms with Crippen LogP contribution in [-0.4, -0.2) is 23.2 Å². The Balaban J connectivity index is 2.06. The number of aromatic nitrogens is 3. The van der Waals surface area contributed by atoms with Gasteiger partial charge in [-0.15, -0.1) is 4.68 Å². The van der Waals surface area contributed by atoms with Crippen LogP contribution in [0, 0.1) is 3.57 Å². The van der Waals surface area contributed by atoms with Crippen LogP contribution in [0.25, 0.3) is 22.3 Å². The lowest BCUT2D eigenvalue weighted by Gasteiger charge is -2.03. The molecule has 0 fully saturated rings. The van der Waals surface area contributed by atoms with Crippen LogP contribution in [0.3, 0.4) is 0 Å². The molecule has 3 rings (SSSR count). The zero-order chi connectivity index (χ0) is 15.7. The smallest absolute Gasteiger partial charge is 0.337 e. The molecule has 112 valence electrons. The standard InChI is InChI=1S/C16H14IN3O2/c1-3-20-9-12(17)15(19-20)14-7-4-10-8-11(16(21)22-2)5-6-13(10)18-14/h4-9H,3H2,1-2H3/p+1. The zero-order valence-corrected chi connectivity index (χ0v) is 14.4. The number of carbonyl (C=O) groups is 1. The van der Waals surface area contributed by atoms with Crippen LogP contribution >= 0.6 is 22.6 Å². The van der Waals surface area contributed by atoms with E-state index in [-0.39, 0.29) is 5.97 Å². The van der Waals surface area contributed by atoms with Gasteiger partial charge in [-0.25, -0.2) is 9.78 Å². The Labute approximate surface area is 141 Å². The molecule has 22 heavy (non-hydrogen) atoms. The average molecular weight is 408 g/mol. The number of methoxy groups -OCH3 is 1. The fourth-order valence-corrected chi connectivity index (χ4v) is 3.02. The number of pyridine rings is 1. The SMILES string of the molecule is CC[n+]1cc(I)c(-c2ccc3cc(C(=O)OC)ccc3n2)[nH]1. The van der Waals surface area contributed by atoms with Gasteiger partial charge in [0.1, 0.15) is 9.26 Å². The molecule has 3 aromatic rings. The number of esters is 1. The number of fused-ring (bicyclic) bond motifs is 1. The van der Waals surface area contributed by atoms with E-state index in [0.717, 1.165) is 32.4 Å². The second kappa shape index (κ2) is 6.04. The summed E-state index contributed by atoms with van der Waals surface area (Å²) in [5, 5.41) is 4.24. The molecular formula is C16H15IN3O2+. The minimum Gasteiger partial charge on any atom is -0.465 e. The number of hydrogen-bond acceptors (Lipinski definition) is 3. The number of nitrogens with zero attached hydrogens (tertiary/aromatic N) is 2. The normalized spacial score (nSPS) is 10.9. The fourth-order valence-electron chi connectivity index (χ4n) is 2.29. The van der Waals surface area contributed by atoms with Crippen molar-refractivity contribution in [2.24, 2.45) is 0 Å². The molecule has 1 aromatic carbocycles. The second-order valence-corrected chi connectivity index (χ2v) is 6.01. The molecule has 0 bridgehead atoms. The molecule has 0 spiro atoms. The van der Waals surface area contributed by atoms with Gasteiger partial charge in [0.2, 0.25) is 6.20 Å². The molecule has 0 saturated heterocycles. The fraction of sp³-hybridized carbons (Fsp3) is 0.188. The molecule has 6 heteroatoms. The molecule has 1 N–H and O–H groups in total. The first-order valence-electron chi connectivity index (χ1n) is 6.90. The van der Waals surface area contributed by atoms with Gasteiger partial charge in [0.05, 0.1) is 23.9 Å². The quantitative estimate of drug-likeness (QED) is 0.412. The monoisotopic (exact) mass is 408 g/mol. The minimum atomic E-state index is -0.339. The number of benzene rings is 1. The molecule has 0 amide bonds. The number of aryl methyl sites for hydroxylation is 1. The van der Waals surface area contributed by atoms with Gasteiger partial charge in [0, 0.05) is 5.39 Å². The van der Waals surface area contributed by atoms with Crippen molar-refractivity contribution in [1.29, 1.82) is 0 Å². The Morgan fingerprint density at radius 2 is 2.18 bits per heavy atom. The van der Waals surface area contributed by atoms with Gasteiger partial charge in [0.25, 0.3) is 0 Å². The number of ether oxygens (including phenoxy) is 1. The van der Waals surface area contributed by atoms with Crippen LogP contribution in [0.4, 0.5) is 0 Å². The maximum Gasteiger partial charge on any atom is 0.337 e. The lowest BCUT2D eigenvalue weighted by Crippen LogP contribution is -2.33. The molecule has 0 aliphatic rings. The van der Waals surface area contributed by atoms with Crippen molar-refractivity contribution in [2.75, 3.05) is 7.11 Å². The summed E-state index contributed by atoms with van der Waals surface area (Å²) in [5.41, 5.74) is 3.26. The summed E-state index contributed by atoms with van der Waals surface area (Å²) in [5.74, 6) is -0.339. The van der Waals surface area contributed by atoms with Crippen LogP contribution in [-0.2, 0) is 11.3 Å². The molecule has 0 unspecified atom stereocenters. The molecule has 0 aliphatic carbocycles. The van der Waals surface area contributed by atoms with E-state index in [1.54, 1.807) is 12.1 Å². The van der Waals surface area contributed by atoms with Crippen molar-refractivity contribution in [3.8, 4) is 11.4 Å². The number of H-pyrrole nitrogens is 1. The van der Waals surface area contributed by atoms with Crippen molar-refractivity contribution in [1.82, 2.24) is 10.1 Å². The summed E-state index contributed by atoms with van der Waals surface area (Å²) in [6, 6.07) is 9.30. The number of rotatable bonds is 3. The third-order valence-electron chi connectivity index (χ3n) is 3.47. The summed E-state index contributed by atoms with van der Waals surface area (Å²) in [6.45, 7) is 2.96. The summed E-state index contributed by atoms with van der Waals surface area (Å²) < 4.78 is 7.88. The molecule has 0 aliphatic heterocycles. The third-order valence-corrected chi connectivity index (χ3v) is 4.29. The van der Waals surface area contributed by atoms with Crippen LogP contribution in [0.5, 0.6) is 0 Å². The Bertz CT molecular complexity index is 858. The molecular weight excluding hydrogens is 393 g/mol.